The number of benzene rings is 1. The van der Waals surface area contributed by atoms with E-state index >= 15 is 0 Å². The molecule has 15 heavy (non-hydrogen) atoms. The summed E-state index contributed by atoms with van der Waals surface area (Å²) in [5.74, 6) is 1.08. The molecule has 0 radical (unpaired) electrons. The molecule has 0 saturated carbocycles. The van der Waals surface area contributed by atoms with Crippen LogP contribution in [0.3, 0.4) is 0 Å². The fourth-order valence-electron chi connectivity index (χ4n) is 1.18. The lowest BCUT2D eigenvalue weighted by Gasteiger charge is -2.11. The molecule has 1 rings (SSSR count). The van der Waals surface area contributed by atoms with Gasteiger partial charge in [-0.3, -0.25) is 4.79 Å². The fraction of sp³-hybridized carbons (Fsp3) is 0.300. The minimum atomic E-state index is -0.558. The van der Waals surface area contributed by atoms with Crippen molar-refractivity contribution in [2.24, 2.45) is 0 Å². The zero-order valence-corrected chi connectivity index (χ0v) is 10.2. The van der Waals surface area contributed by atoms with Crippen LogP contribution in [0.4, 0.5) is 0 Å². The van der Waals surface area contributed by atoms with Gasteiger partial charge < -0.3 is 9.47 Å². The summed E-state index contributed by atoms with van der Waals surface area (Å²) in [6, 6.07) is 3.32. The largest absolute Gasteiger partial charge is 0.496 e. The van der Waals surface area contributed by atoms with E-state index in [1.165, 1.54) is 18.9 Å². The van der Waals surface area contributed by atoms with E-state index in [0.717, 1.165) is 4.90 Å². The Bertz CT molecular complexity index is 379. The van der Waals surface area contributed by atoms with Crippen molar-refractivity contribution in [3.05, 3.63) is 17.7 Å². The molecule has 0 amide bonds. The minimum Gasteiger partial charge on any atom is -0.496 e. The predicted molar refractivity (Wildman–Crippen MR) is 61.5 cm³/mol. The lowest BCUT2D eigenvalue weighted by Crippen LogP contribution is -1.98. The van der Waals surface area contributed by atoms with Crippen LogP contribution in [-0.4, -0.2) is 25.7 Å². The van der Waals surface area contributed by atoms with Gasteiger partial charge in [-0.1, -0.05) is 0 Å². The second kappa shape index (κ2) is 5.28. The summed E-state index contributed by atoms with van der Waals surface area (Å²) in [7, 11) is 3.04. The predicted octanol–water partition coefficient (Wildman–Crippen LogP) is 2.80. The highest BCUT2D eigenvalue weighted by atomic mass is 35.5. The Balaban J connectivity index is 3.34. The molecule has 0 heterocycles. The van der Waals surface area contributed by atoms with Crippen molar-refractivity contribution in [1.29, 1.82) is 0 Å². The van der Waals surface area contributed by atoms with E-state index < -0.39 is 5.24 Å². The summed E-state index contributed by atoms with van der Waals surface area (Å²) >= 11 is 6.94. The number of carbonyl (C=O) groups is 1. The third-order valence-corrected chi connectivity index (χ3v) is 2.88. The van der Waals surface area contributed by atoms with Crippen molar-refractivity contribution in [1.82, 2.24) is 0 Å². The van der Waals surface area contributed by atoms with Crippen molar-refractivity contribution in [2.75, 3.05) is 20.5 Å². The molecule has 0 N–H and O–H groups in total. The highest BCUT2D eigenvalue weighted by molar-refractivity contribution is 7.98. The Morgan fingerprint density at radius 2 is 1.87 bits per heavy atom. The number of carbonyl (C=O) groups excluding carboxylic acids is 1. The van der Waals surface area contributed by atoms with Gasteiger partial charge in [0, 0.05) is 0 Å². The molecule has 0 bridgehead atoms. The molecule has 0 aliphatic rings. The number of hydrogen-bond acceptors (Lipinski definition) is 4. The molecule has 0 spiro atoms. The zero-order valence-electron chi connectivity index (χ0n) is 8.67. The van der Waals surface area contributed by atoms with Gasteiger partial charge in [0.05, 0.1) is 24.7 Å². The van der Waals surface area contributed by atoms with E-state index in [0.29, 0.717) is 17.1 Å². The zero-order chi connectivity index (χ0) is 11.4. The van der Waals surface area contributed by atoms with Crippen molar-refractivity contribution < 1.29 is 14.3 Å². The number of rotatable bonds is 4. The Hall–Kier alpha value is -0.870. The number of methoxy groups -OCH3 is 2. The van der Waals surface area contributed by atoms with Crippen molar-refractivity contribution in [2.45, 2.75) is 4.90 Å². The summed E-state index contributed by atoms with van der Waals surface area (Å²) in [4.78, 5) is 12.0. The average Bonchev–Trinajstić information content (AvgIpc) is 2.26. The lowest BCUT2D eigenvalue weighted by atomic mass is 10.2. The maximum Gasteiger partial charge on any atom is 0.256 e. The van der Waals surface area contributed by atoms with E-state index in [1.54, 1.807) is 19.2 Å². The summed E-state index contributed by atoms with van der Waals surface area (Å²) in [5.41, 5.74) is 0.314. The normalized spacial score (nSPS) is 9.87. The molecule has 82 valence electrons. The van der Waals surface area contributed by atoms with Crippen molar-refractivity contribution in [3.8, 4) is 11.5 Å². The van der Waals surface area contributed by atoms with Gasteiger partial charge in [0.2, 0.25) is 0 Å². The first-order valence-corrected chi connectivity index (χ1v) is 5.74. The number of halogens is 1. The second-order valence-corrected chi connectivity index (χ2v) is 3.87. The summed E-state index contributed by atoms with van der Waals surface area (Å²) in [6.45, 7) is 0. The molecule has 0 atom stereocenters. The first-order valence-electron chi connectivity index (χ1n) is 4.13. The van der Waals surface area contributed by atoms with Crippen molar-refractivity contribution >= 4 is 28.6 Å². The van der Waals surface area contributed by atoms with Gasteiger partial charge in [-0.05, 0) is 30.0 Å². The molecule has 5 heteroatoms. The van der Waals surface area contributed by atoms with Gasteiger partial charge >= 0.3 is 0 Å². The van der Waals surface area contributed by atoms with Gasteiger partial charge in [-0.15, -0.1) is 11.8 Å². The quantitative estimate of drug-likeness (QED) is 0.605. The first-order chi connectivity index (χ1) is 7.13. The Kier molecular flexibility index (Phi) is 4.29. The maximum atomic E-state index is 11.1. The van der Waals surface area contributed by atoms with Crippen LogP contribution in [0.15, 0.2) is 17.0 Å². The van der Waals surface area contributed by atoms with Crippen LogP contribution < -0.4 is 9.47 Å². The Morgan fingerprint density at radius 3 is 2.27 bits per heavy atom. The highest BCUT2D eigenvalue weighted by Gasteiger charge is 2.14. The van der Waals surface area contributed by atoms with E-state index in [-0.39, 0.29) is 0 Å². The highest BCUT2D eigenvalue weighted by Crippen LogP contribution is 2.35. The smallest absolute Gasteiger partial charge is 0.256 e. The van der Waals surface area contributed by atoms with Crippen LogP contribution >= 0.6 is 23.4 Å². The summed E-state index contributed by atoms with van der Waals surface area (Å²) in [6.07, 6.45) is 1.92. The van der Waals surface area contributed by atoms with Gasteiger partial charge in [-0.2, -0.15) is 0 Å². The molecule has 0 fully saturated rings. The number of thioether (sulfide) groups is 1. The average molecular weight is 247 g/mol. The third-order valence-electron chi connectivity index (χ3n) is 1.92. The Labute approximate surface area is 97.7 Å². The molecular formula is C10H11ClO3S. The number of hydrogen-bond donors (Lipinski definition) is 0. The SMILES string of the molecule is COc1cc(C(=O)Cl)c(OC)cc1SC. The first kappa shape index (κ1) is 12.2. The van der Waals surface area contributed by atoms with Crippen LogP contribution in [0.25, 0.3) is 0 Å². The van der Waals surface area contributed by atoms with E-state index in [4.69, 9.17) is 21.1 Å². The molecule has 1 aromatic carbocycles. The molecule has 0 aliphatic heterocycles. The topological polar surface area (TPSA) is 35.5 Å². The van der Waals surface area contributed by atoms with Crippen LogP contribution in [0, 0.1) is 0 Å². The molecule has 3 nitrogen and oxygen atoms in total. The second-order valence-electron chi connectivity index (χ2n) is 2.68. The monoisotopic (exact) mass is 246 g/mol. The van der Waals surface area contributed by atoms with Crippen molar-refractivity contribution in [3.63, 3.8) is 0 Å². The van der Waals surface area contributed by atoms with Gasteiger partial charge in [0.15, 0.2) is 0 Å². The van der Waals surface area contributed by atoms with Crippen LogP contribution in [0.5, 0.6) is 11.5 Å². The van der Waals surface area contributed by atoms with Crippen LogP contribution in [-0.2, 0) is 0 Å². The van der Waals surface area contributed by atoms with Crippen LogP contribution in [0.1, 0.15) is 10.4 Å². The fourth-order valence-corrected chi connectivity index (χ4v) is 1.90. The summed E-state index contributed by atoms with van der Waals surface area (Å²) in [5, 5.41) is -0.558. The van der Waals surface area contributed by atoms with Gasteiger partial charge in [-0.25, -0.2) is 0 Å². The van der Waals surface area contributed by atoms with E-state index in [9.17, 15) is 4.79 Å². The summed E-state index contributed by atoms with van der Waals surface area (Å²) < 4.78 is 10.2. The lowest BCUT2D eigenvalue weighted by molar-refractivity contribution is 0.107. The molecule has 0 saturated heterocycles. The Morgan fingerprint density at radius 1 is 1.27 bits per heavy atom. The molecule has 0 unspecified atom stereocenters. The van der Waals surface area contributed by atoms with E-state index in [2.05, 4.69) is 0 Å². The molecular weight excluding hydrogens is 236 g/mol. The third kappa shape index (κ3) is 2.58. The minimum absolute atomic E-state index is 0.314. The van der Waals surface area contributed by atoms with Gasteiger partial charge in [0.1, 0.15) is 11.5 Å². The molecule has 1 aromatic rings. The maximum absolute atomic E-state index is 11.1. The molecule has 0 aromatic heterocycles. The molecule has 0 aliphatic carbocycles. The van der Waals surface area contributed by atoms with Crippen LogP contribution in [0.2, 0.25) is 0 Å². The standard InChI is InChI=1S/C10H11ClO3S/c1-13-7-5-9(15-3)8(14-2)4-6(7)10(11)12/h4-5H,1-3H3. The number of ether oxygens (including phenoxy) is 2. The van der Waals surface area contributed by atoms with Gasteiger partial charge in [0.25, 0.3) is 5.24 Å². The van der Waals surface area contributed by atoms with E-state index in [1.807, 2.05) is 6.26 Å².